The number of piperidine rings is 2. The smallest absolute Gasteiger partial charge is 0.257 e. The van der Waals surface area contributed by atoms with Gasteiger partial charge < -0.3 is 14.2 Å². The van der Waals surface area contributed by atoms with Crippen molar-refractivity contribution in [1.29, 1.82) is 0 Å². The first-order valence-corrected chi connectivity index (χ1v) is 8.65. The third kappa shape index (κ3) is 3.59. The van der Waals surface area contributed by atoms with Gasteiger partial charge in [0.15, 0.2) is 0 Å². The maximum Gasteiger partial charge on any atom is 0.257 e. The topological polar surface area (TPSA) is 53.8 Å². The highest BCUT2D eigenvalue weighted by molar-refractivity contribution is 5.94. The van der Waals surface area contributed by atoms with Crippen LogP contribution in [0, 0.1) is 17.8 Å². The molecule has 23 heavy (non-hydrogen) atoms. The molecule has 0 saturated carbocycles. The normalized spacial score (nSPS) is 26.3. The fourth-order valence-corrected chi connectivity index (χ4v) is 4.00. The third-order valence-electron chi connectivity index (χ3n) is 5.08. The first kappa shape index (κ1) is 16.1. The predicted octanol–water partition coefficient (Wildman–Crippen LogP) is 2.64. The minimum absolute atomic E-state index is 0.00451. The number of hydrogen-bond acceptors (Lipinski definition) is 3. The maximum atomic E-state index is 12.8. The summed E-state index contributed by atoms with van der Waals surface area (Å²) in [5, 5.41) is 0. The second-order valence-corrected chi connectivity index (χ2v) is 7.27. The molecule has 2 fully saturated rings. The van der Waals surface area contributed by atoms with Crippen LogP contribution < -0.4 is 0 Å². The first-order valence-electron chi connectivity index (χ1n) is 8.65. The molecule has 126 valence electrons. The number of likely N-dealkylation sites (tertiary alicyclic amines) is 2. The van der Waals surface area contributed by atoms with Gasteiger partial charge in [0.1, 0.15) is 6.26 Å². The Labute approximate surface area is 137 Å². The van der Waals surface area contributed by atoms with Gasteiger partial charge >= 0.3 is 0 Å². The van der Waals surface area contributed by atoms with Crippen LogP contribution in [-0.4, -0.2) is 47.8 Å². The number of hydrogen-bond donors (Lipinski definition) is 0. The van der Waals surface area contributed by atoms with Crippen molar-refractivity contribution in [2.24, 2.45) is 17.8 Å². The van der Waals surface area contributed by atoms with Crippen LogP contribution in [0.15, 0.2) is 23.0 Å². The number of furan rings is 1. The summed E-state index contributed by atoms with van der Waals surface area (Å²) in [6.45, 7) is 7.53. The van der Waals surface area contributed by atoms with Crippen LogP contribution in [0.5, 0.6) is 0 Å². The number of carbonyl (C=O) groups excluding carboxylic acids is 2. The van der Waals surface area contributed by atoms with Gasteiger partial charge in [-0.1, -0.05) is 13.8 Å². The van der Waals surface area contributed by atoms with E-state index in [0.717, 1.165) is 25.9 Å². The van der Waals surface area contributed by atoms with E-state index >= 15 is 0 Å². The van der Waals surface area contributed by atoms with E-state index in [0.29, 0.717) is 36.4 Å². The summed E-state index contributed by atoms with van der Waals surface area (Å²) in [4.78, 5) is 28.9. The van der Waals surface area contributed by atoms with E-state index in [1.54, 1.807) is 6.07 Å². The number of amides is 2. The van der Waals surface area contributed by atoms with Gasteiger partial charge in [0.25, 0.3) is 5.91 Å². The lowest BCUT2D eigenvalue weighted by atomic mass is 9.89. The zero-order chi connectivity index (χ0) is 16.4. The van der Waals surface area contributed by atoms with Crippen LogP contribution in [-0.2, 0) is 4.79 Å². The number of nitrogens with zero attached hydrogens (tertiary/aromatic N) is 2. The molecule has 5 nitrogen and oxygen atoms in total. The molecular formula is C18H26N2O3. The molecule has 2 unspecified atom stereocenters. The lowest BCUT2D eigenvalue weighted by Crippen LogP contribution is -2.48. The summed E-state index contributed by atoms with van der Waals surface area (Å²) in [6, 6.07) is 1.69. The molecule has 2 aliphatic rings. The Morgan fingerprint density at radius 3 is 2.30 bits per heavy atom. The van der Waals surface area contributed by atoms with Crippen molar-refractivity contribution in [2.75, 3.05) is 26.2 Å². The van der Waals surface area contributed by atoms with Gasteiger partial charge in [-0.15, -0.1) is 0 Å². The molecule has 5 heteroatoms. The summed E-state index contributed by atoms with van der Waals surface area (Å²) in [5.74, 6) is 1.54. The van der Waals surface area contributed by atoms with Crippen molar-refractivity contribution in [2.45, 2.75) is 33.1 Å². The van der Waals surface area contributed by atoms with Crippen molar-refractivity contribution < 1.29 is 14.0 Å². The minimum atomic E-state index is 0.00451. The van der Waals surface area contributed by atoms with E-state index in [4.69, 9.17) is 4.42 Å². The average Bonchev–Trinajstić information content (AvgIpc) is 3.07. The summed E-state index contributed by atoms with van der Waals surface area (Å²) in [6.07, 6.45) is 5.74. The zero-order valence-corrected chi connectivity index (χ0v) is 14.0. The van der Waals surface area contributed by atoms with Gasteiger partial charge in [0.2, 0.25) is 5.91 Å². The third-order valence-corrected chi connectivity index (χ3v) is 5.08. The Bertz CT molecular complexity index is 537. The van der Waals surface area contributed by atoms with Crippen LogP contribution in [0.2, 0.25) is 0 Å². The van der Waals surface area contributed by atoms with Crippen LogP contribution in [0.4, 0.5) is 0 Å². The highest BCUT2D eigenvalue weighted by Crippen LogP contribution is 2.26. The Kier molecular flexibility index (Phi) is 4.74. The van der Waals surface area contributed by atoms with Crippen molar-refractivity contribution in [1.82, 2.24) is 9.80 Å². The van der Waals surface area contributed by atoms with E-state index in [9.17, 15) is 9.59 Å². The molecule has 1 aromatic heterocycles. The van der Waals surface area contributed by atoms with Gasteiger partial charge in [-0.2, -0.15) is 0 Å². The molecule has 2 atom stereocenters. The second kappa shape index (κ2) is 6.77. The summed E-state index contributed by atoms with van der Waals surface area (Å²) in [5.41, 5.74) is 0.591. The van der Waals surface area contributed by atoms with Crippen LogP contribution >= 0.6 is 0 Å². The highest BCUT2D eigenvalue weighted by atomic mass is 16.3. The van der Waals surface area contributed by atoms with Crippen molar-refractivity contribution in [3.63, 3.8) is 0 Å². The zero-order valence-electron chi connectivity index (χ0n) is 14.0. The molecule has 3 rings (SSSR count). The molecule has 0 aliphatic carbocycles. The molecule has 1 aromatic rings. The molecule has 0 spiro atoms. The van der Waals surface area contributed by atoms with Gasteiger partial charge in [-0.05, 0) is 37.2 Å². The van der Waals surface area contributed by atoms with Gasteiger partial charge in [-0.3, -0.25) is 9.59 Å². The van der Waals surface area contributed by atoms with E-state index in [1.165, 1.54) is 18.9 Å². The van der Waals surface area contributed by atoms with Crippen LogP contribution in [0.3, 0.4) is 0 Å². The molecule has 0 radical (unpaired) electrons. The fraction of sp³-hybridized carbons (Fsp3) is 0.667. The molecular weight excluding hydrogens is 292 g/mol. The van der Waals surface area contributed by atoms with E-state index in [-0.39, 0.29) is 11.8 Å². The largest absolute Gasteiger partial charge is 0.472 e. The molecule has 2 amide bonds. The average molecular weight is 318 g/mol. The van der Waals surface area contributed by atoms with Crippen LogP contribution in [0.1, 0.15) is 43.5 Å². The molecule has 3 heterocycles. The fourth-order valence-electron chi connectivity index (χ4n) is 4.00. The molecule has 2 aliphatic heterocycles. The van der Waals surface area contributed by atoms with Gasteiger partial charge in [0, 0.05) is 32.1 Å². The first-order chi connectivity index (χ1) is 11.0. The lowest BCUT2D eigenvalue weighted by molar-refractivity contribution is -0.139. The maximum absolute atomic E-state index is 12.8. The standard InChI is InChI=1S/C18H26N2O3/c1-13-9-14(2)11-20(10-13)17(21)15-3-6-19(7-4-15)18(22)16-5-8-23-12-16/h5,8,12-15H,3-4,6-7,9-11H2,1-2H3. The van der Waals surface area contributed by atoms with Crippen molar-refractivity contribution >= 4 is 11.8 Å². The predicted molar refractivity (Wildman–Crippen MR) is 86.9 cm³/mol. The monoisotopic (exact) mass is 318 g/mol. The Balaban J connectivity index is 1.54. The van der Waals surface area contributed by atoms with Crippen molar-refractivity contribution in [3.05, 3.63) is 24.2 Å². The van der Waals surface area contributed by atoms with E-state index < -0.39 is 0 Å². The quantitative estimate of drug-likeness (QED) is 0.842. The van der Waals surface area contributed by atoms with E-state index in [1.807, 2.05) is 4.90 Å². The SMILES string of the molecule is CC1CC(C)CN(C(=O)C2CCN(C(=O)c3ccoc3)CC2)C1. The Morgan fingerprint density at radius 2 is 1.74 bits per heavy atom. The summed E-state index contributed by atoms with van der Waals surface area (Å²) < 4.78 is 4.98. The van der Waals surface area contributed by atoms with Gasteiger partial charge in [-0.25, -0.2) is 0 Å². The van der Waals surface area contributed by atoms with Gasteiger partial charge in [0.05, 0.1) is 11.8 Å². The Hall–Kier alpha value is -1.78. The lowest BCUT2D eigenvalue weighted by Gasteiger charge is -2.39. The molecule has 0 aromatic carbocycles. The minimum Gasteiger partial charge on any atom is -0.472 e. The molecule has 0 N–H and O–H groups in total. The van der Waals surface area contributed by atoms with Crippen molar-refractivity contribution in [3.8, 4) is 0 Å². The Morgan fingerprint density at radius 1 is 1.09 bits per heavy atom. The molecule has 0 bridgehead atoms. The summed E-state index contributed by atoms with van der Waals surface area (Å²) >= 11 is 0. The number of rotatable bonds is 2. The van der Waals surface area contributed by atoms with Crippen LogP contribution in [0.25, 0.3) is 0 Å². The number of carbonyl (C=O) groups is 2. The second-order valence-electron chi connectivity index (χ2n) is 7.27. The summed E-state index contributed by atoms with van der Waals surface area (Å²) in [7, 11) is 0. The van der Waals surface area contributed by atoms with E-state index in [2.05, 4.69) is 18.7 Å². The highest BCUT2D eigenvalue weighted by Gasteiger charge is 2.33. The molecule has 2 saturated heterocycles.